The van der Waals surface area contributed by atoms with Gasteiger partial charge in [-0.05, 0) is 19.1 Å². The van der Waals surface area contributed by atoms with Gasteiger partial charge in [0.25, 0.3) is 5.91 Å². The van der Waals surface area contributed by atoms with Gasteiger partial charge in [-0.15, -0.1) is 0 Å². The number of amides is 1. The minimum absolute atomic E-state index is 0.0944. The number of pyridine rings is 1. The van der Waals surface area contributed by atoms with Crippen molar-refractivity contribution < 1.29 is 4.79 Å². The maximum Gasteiger partial charge on any atom is 0.254 e. The quantitative estimate of drug-likeness (QED) is 0.709. The van der Waals surface area contributed by atoms with E-state index in [1.54, 1.807) is 25.3 Å². The van der Waals surface area contributed by atoms with Crippen molar-refractivity contribution in [2.75, 3.05) is 5.01 Å². The SMILES string of the molecule is CC1=NN(c2ncccc2Cl)C(=O)C1. The standard InChI is InChI=1S/C9H8ClN3O/c1-6-5-8(14)13(12-6)9-7(10)3-2-4-11-9/h2-4H,5H2,1H3. The van der Waals surface area contributed by atoms with E-state index in [0.29, 0.717) is 17.3 Å². The van der Waals surface area contributed by atoms with E-state index in [1.807, 2.05) is 0 Å². The number of hydrazone groups is 1. The maximum absolute atomic E-state index is 11.5. The molecule has 72 valence electrons. The number of carbonyl (C=O) groups excluding carboxylic acids is 1. The Hall–Kier alpha value is -1.42. The Morgan fingerprint density at radius 2 is 2.36 bits per heavy atom. The van der Waals surface area contributed by atoms with E-state index in [4.69, 9.17) is 11.6 Å². The molecule has 0 spiro atoms. The predicted octanol–water partition coefficient (Wildman–Crippen LogP) is 1.85. The summed E-state index contributed by atoms with van der Waals surface area (Å²) in [4.78, 5) is 15.5. The molecule has 0 saturated heterocycles. The molecule has 14 heavy (non-hydrogen) atoms. The molecule has 0 bridgehead atoms. The van der Waals surface area contributed by atoms with Crippen LogP contribution in [0.2, 0.25) is 5.02 Å². The Balaban J connectivity index is 2.41. The number of rotatable bonds is 1. The first-order valence-corrected chi connectivity index (χ1v) is 4.54. The van der Waals surface area contributed by atoms with E-state index in [2.05, 4.69) is 10.1 Å². The number of anilines is 1. The predicted molar refractivity (Wildman–Crippen MR) is 54.5 cm³/mol. The summed E-state index contributed by atoms with van der Waals surface area (Å²) < 4.78 is 0. The van der Waals surface area contributed by atoms with Gasteiger partial charge in [-0.1, -0.05) is 11.6 Å². The van der Waals surface area contributed by atoms with E-state index in [-0.39, 0.29) is 5.91 Å². The molecule has 4 nitrogen and oxygen atoms in total. The van der Waals surface area contributed by atoms with Crippen LogP contribution in [0.4, 0.5) is 5.82 Å². The summed E-state index contributed by atoms with van der Waals surface area (Å²) in [5, 5.41) is 5.73. The van der Waals surface area contributed by atoms with Gasteiger partial charge < -0.3 is 0 Å². The molecule has 1 aromatic rings. The normalized spacial score (nSPS) is 16.0. The fourth-order valence-electron chi connectivity index (χ4n) is 1.25. The molecule has 1 aliphatic heterocycles. The first kappa shape index (κ1) is 9.15. The summed E-state index contributed by atoms with van der Waals surface area (Å²) in [5.41, 5.74) is 0.775. The second-order valence-electron chi connectivity index (χ2n) is 3.03. The molecule has 1 amide bonds. The number of hydrogen-bond donors (Lipinski definition) is 0. The molecule has 0 unspecified atom stereocenters. The monoisotopic (exact) mass is 209 g/mol. The van der Waals surface area contributed by atoms with Crippen molar-refractivity contribution in [2.45, 2.75) is 13.3 Å². The third-order valence-corrected chi connectivity index (χ3v) is 2.15. The fourth-order valence-corrected chi connectivity index (χ4v) is 1.46. The Morgan fingerprint density at radius 1 is 1.57 bits per heavy atom. The van der Waals surface area contributed by atoms with Gasteiger partial charge >= 0.3 is 0 Å². The van der Waals surface area contributed by atoms with Gasteiger partial charge in [-0.2, -0.15) is 10.1 Å². The second-order valence-corrected chi connectivity index (χ2v) is 3.43. The summed E-state index contributed by atoms with van der Waals surface area (Å²) in [6, 6.07) is 3.39. The van der Waals surface area contributed by atoms with Gasteiger partial charge in [0.2, 0.25) is 0 Å². The zero-order chi connectivity index (χ0) is 10.1. The van der Waals surface area contributed by atoms with Gasteiger partial charge in [0, 0.05) is 11.9 Å². The topological polar surface area (TPSA) is 45.6 Å². The Labute approximate surface area is 86.2 Å². The van der Waals surface area contributed by atoms with Crippen molar-refractivity contribution in [3.8, 4) is 0 Å². The number of halogens is 1. The van der Waals surface area contributed by atoms with Crippen molar-refractivity contribution in [3.63, 3.8) is 0 Å². The Kier molecular flexibility index (Phi) is 2.21. The highest BCUT2D eigenvalue weighted by molar-refractivity contribution is 6.33. The first-order chi connectivity index (χ1) is 6.68. The minimum Gasteiger partial charge on any atom is -0.272 e. The van der Waals surface area contributed by atoms with Gasteiger partial charge in [0.05, 0.1) is 11.4 Å². The van der Waals surface area contributed by atoms with Crippen LogP contribution < -0.4 is 5.01 Å². The average Bonchev–Trinajstić information content (AvgIpc) is 2.46. The third-order valence-electron chi connectivity index (χ3n) is 1.85. The van der Waals surface area contributed by atoms with Crippen molar-refractivity contribution in [3.05, 3.63) is 23.4 Å². The van der Waals surface area contributed by atoms with Gasteiger partial charge in [0.1, 0.15) is 0 Å². The Bertz CT molecular complexity index is 416. The summed E-state index contributed by atoms with van der Waals surface area (Å²) >= 11 is 5.89. The minimum atomic E-state index is -0.0944. The lowest BCUT2D eigenvalue weighted by Gasteiger charge is -2.11. The Morgan fingerprint density at radius 3 is 2.93 bits per heavy atom. The number of nitrogens with zero attached hydrogens (tertiary/aromatic N) is 3. The molecule has 1 aliphatic rings. The summed E-state index contributed by atoms with van der Waals surface area (Å²) in [7, 11) is 0. The lowest BCUT2D eigenvalue weighted by molar-refractivity contribution is -0.116. The van der Waals surface area contributed by atoms with E-state index in [9.17, 15) is 4.79 Å². The summed E-state index contributed by atoms with van der Waals surface area (Å²) in [6.45, 7) is 1.80. The average molecular weight is 210 g/mol. The summed E-state index contributed by atoms with van der Waals surface area (Å²) in [5.74, 6) is 0.305. The molecule has 2 heterocycles. The zero-order valence-electron chi connectivity index (χ0n) is 7.57. The van der Waals surface area contributed by atoms with Crippen molar-refractivity contribution in [1.82, 2.24) is 4.98 Å². The van der Waals surface area contributed by atoms with Gasteiger partial charge in [0.15, 0.2) is 5.82 Å². The molecule has 0 fully saturated rings. The van der Waals surface area contributed by atoms with Crippen LogP contribution in [0.25, 0.3) is 0 Å². The van der Waals surface area contributed by atoms with Crippen LogP contribution in [0.1, 0.15) is 13.3 Å². The van der Waals surface area contributed by atoms with Crippen molar-refractivity contribution >= 4 is 29.0 Å². The molecule has 0 atom stereocenters. The number of carbonyl (C=O) groups is 1. The van der Waals surface area contributed by atoms with E-state index in [1.165, 1.54) is 5.01 Å². The highest BCUT2D eigenvalue weighted by Gasteiger charge is 2.25. The van der Waals surface area contributed by atoms with E-state index < -0.39 is 0 Å². The van der Waals surface area contributed by atoms with Crippen LogP contribution in [-0.4, -0.2) is 16.6 Å². The fraction of sp³-hybridized carbons (Fsp3) is 0.222. The smallest absolute Gasteiger partial charge is 0.254 e. The van der Waals surface area contributed by atoms with Crippen LogP contribution in [0.5, 0.6) is 0 Å². The molecule has 0 saturated carbocycles. The number of hydrogen-bond acceptors (Lipinski definition) is 3. The molecular weight excluding hydrogens is 202 g/mol. The van der Waals surface area contributed by atoms with Crippen LogP contribution in [0.15, 0.2) is 23.4 Å². The maximum atomic E-state index is 11.5. The molecule has 0 radical (unpaired) electrons. The molecule has 0 N–H and O–H groups in total. The van der Waals surface area contributed by atoms with Crippen LogP contribution >= 0.6 is 11.6 Å². The van der Waals surface area contributed by atoms with E-state index >= 15 is 0 Å². The summed E-state index contributed by atoms with van der Waals surface area (Å²) in [6.07, 6.45) is 1.92. The van der Waals surface area contributed by atoms with Gasteiger partial charge in [-0.3, -0.25) is 4.79 Å². The van der Waals surface area contributed by atoms with Crippen molar-refractivity contribution in [1.29, 1.82) is 0 Å². The molecular formula is C9H8ClN3O. The molecule has 0 aromatic carbocycles. The molecule has 5 heteroatoms. The van der Waals surface area contributed by atoms with Gasteiger partial charge in [-0.25, -0.2) is 4.98 Å². The largest absolute Gasteiger partial charge is 0.272 e. The highest BCUT2D eigenvalue weighted by atomic mass is 35.5. The number of aromatic nitrogens is 1. The van der Waals surface area contributed by atoms with Crippen LogP contribution in [0, 0.1) is 0 Å². The molecule has 2 rings (SSSR count). The molecule has 1 aromatic heterocycles. The zero-order valence-corrected chi connectivity index (χ0v) is 8.32. The first-order valence-electron chi connectivity index (χ1n) is 4.16. The van der Waals surface area contributed by atoms with Crippen LogP contribution in [0.3, 0.4) is 0 Å². The lowest BCUT2D eigenvalue weighted by atomic mass is 10.3. The molecule has 0 aliphatic carbocycles. The van der Waals surface area contributed by atoms with Crippen LogP contribution in [-0.2, 0) is 4.79 Å². The lowest BCUT2D eigenvalue weighted by Crippen LogP contribution is -2.20. The third kappa shape index (κ3) is 1.48. The highest BCUT2D eigenvalue weighted by Crippen LogP contribution is 2.25. The van der Waals surface area contributed by atoms with Crippen molar-refractivity contribution in [2.24, 2.45) is 5.10 Å². The second kappa shape index (κ2) is 3.38. The van der Waals surface area contributed by atoms with E-state index in [0.717, 1.165) is 5.71 Å².